The molecule has 0 spiro atoms. The first-order valence-electron chi connectivity index (χ1n) is 6.74. The van der Waals surface area contributed by atoms with Crippen molar-refractivity contribution in [2.24, 2.45) is 0 Å². The highest BCUT2D eigenvalue weighted by Gasteiger charge is 2.16. The fraction of sp³-hybridized carbons (Fsp3) is 0.769. The van der Waals surface area contributed by atoms with E-state index in [4.69, 9.17) is 0 Å². The van der Waals surface area contributed by atoms with Gasteiger partial charge in [-0.25, -0.2) is 0 Å². The summed E-state index contributed by atoms with van der Waals surface area (Å²) in [6.07, 6.45) is 3.22. The van der Waals surface area contributed by atoms with E-state index in [2.05, 4.69) is 28.1 Å². The van der Waals surface area contributed by atoms with Gasteiger partial charge in [0.25, 0.3) is 0 Å². The second-order valence-corrected chi connectivity index (χ2v) is 6.78. The first kappa shape index (κ1) is 13.7. The van der Waals surface area contributed by atoms with Crippen molar-refractivity contribution in [2.45, 2.75) is 45.7 Å². The summed E-state index contributed by atoms with van der Waals surface area (Å²) in [5, 5.41) is 8.02. The Morgan fingerprint density at radius 3 is 2.78 bits per heavy atom. The molecule has 1 N–H and O–H groups in total. The fourth-order valence-electron chi connectivity index (χ4n) is 2.43. The Morgan fingerprint density at radius 1 is 1.44 bits per heavy atom. The van der Waals surface area contributed by atoms with E-state index in [1.165, 1.54) is 5.69 Å². The highest BCUT2D eigenvalue weighted by molar-refractivity contribution is 7.85. The monoisotopic (exact) mass is 269 g/mol. The molecular weight excluding hydrogens is 246 g/mol. The van der Waals surface area contributed by atoms with Gasteiger partial charge in [0.05, 0.1) is 5.69 Å². The second kappa shape index (κ2) is 6.48. The topological polar surface area (TPSA) is 46.9 Å². The van der Waals surface area contributed by atoms with Crippen LogP contribution in [0.5, 0.6) is 0 Å². The van der Waals surface area contributed by atoms with Crippen LogP contribution < -0.4 is 5.32 Å². The van der Waals surface area contributed by atoms with Crippen LogP contribution >= 0.6 is 0 Å². The average molecular weight is 269 g/mol. The molecule has 0 radical (unpaired) electrons. The van der Waals surface area contributed by atoms with Gasteiger partial charge in [0.2, 0.25) is 0 Å². The molecule has 0 saturated carbocycles. The molecule has 2 rings (SSSR count). The number of aryl methyl sites for hydroxylation is 3. The molecule has 102 valence electrons. The predicted octanol–water partition coefficient (Wildman–Crippen LogP) is 1.39. The molecule has 18 heavy (non-hydrogen) atoms. The van der Waals surface area contributed by atoms with E-state index in [1.807, 2.05) is 6.92 Å². The Labute approximate surface area is 112 Å². The van der Waals surface area contributed by atoms with Crippen LogP contribution in [-0.4, -0.2) is 38.1 Å². The van der Waals surface area contributed by atoms with Gasteiger partial charge in [0.15, 0.2) is 0 Å². The van der Waals surface area contributed by atoms with Crippen LogP contribution in [0.1, 0.15) is 30.7 Å². The molecule has 1 aliphatic rings. The lowest BCUT2D eigenvalue weighted by Crippen LogP contribution is -2.36. The van der Waals surface area contributed by atoms with Crippen molar-refractivity contribution in [3.8, 4) is 0 Å². The maximum atomic E-state index is 11.2. The largest absolute Gasteiger partial charge is 0.314 e. The molecular formula is C13H23N3OS. The van der Waals surface area contributed by atoms with Crippen molar-refractivity contribution < 1.29 is 4.21 Å². The van der Waals surface area contributed by atoms with Crippen molar-refractivity contribution in [3.05, 3.63) is 17.5 Å². The highest BCUT2D eigenvalue weighted by Crippen LogP contribution is 2.09. The summed E-state index contributed by atoms with van der Waals surface area (Å²) in [5.74, 6) is 1.74. The number of rotatable bonds is 5. The minimum atomic E-state index is -0.552. The average Bonchev–Trinajstić information content (AvgIpc) is 2.66. The summed E-state index contributed by atoms with van der Waals surface area (Å²) >= 11 is 0. The highest BCUT2D eigenvalue weighted by atomic mass is 32.2. The third kappa shape index (κ3) is 3.92. The first-order chi connectivity index (χ1) is 8.65. The molecule has 2 heterocycles. The van der Waals surface area contributed by atoms with Gasteiger partial charge in [0, 0.05) is 40.6 Å². The van der Waals surface area contributed by atoms with Gasteiger partial charge in [0.1, 0.15) is 0 Å². The van der Waals surface area contributed by atoms with Crippen LogP contribution in [0.4, 0.5) is 0 Å². The van der Waals surface area contributed by atoms with Crippen molar-refractivity contribution in [3.63, 3.8) is 0 Å². The third-order valence-electron chi connectivity index (χ3n) is 3.47. The normalized spacial score (nSPS) is 24.3. The summed E-state index contributed by atoms with van der Waals surface area (Å²) in [6, 6.07) is 2.69. The Bertz CT molecular complexity index is 406. The lowest BCUT2D eigenvalue weighted by Gasteiger charge is -2.22. The second-order valence-electron chi connectivity index (χ2n) is 5.08. The fourth-order valence-corrected chi connectivity index (χ4v) is 3.73. The molecule has 0 amide bonds. The Kier molecular flexibility index (Phi) is 4.95. The van der Waals surface area contributed by atoms with Crippen LogP contribution in [0.25, 0.3) is 0 Å². The van der Waals surface area contributed by atoms with E-state index in [0.717, 1.165) is 49.6 Å². The van der Waals surface area contributed by atoms with E-state index in [9.17, 15) is 4.21 Å². The Morgan fingerprint density at radius 2 is 2.17 bits per heavy atom. The van der Waals surface area contributed by atoms with Crippen LogP contribution in [0.15, 0.2) is 6.07 Å². The van der Waals surface area contributed by atoms with Gasteiger partial charge in [-0.05, 0) is 45.7 Å². The van der Waals surface area contributed by atoms with Gasteiger partial charge in [-0.15, -0.1) is 0 Å². The third-order valence-corrected chi connectivity index (χ3v) is 4.85. The van der Waals surface area contributed by atoms with Crippen LogP contribution in [0.3, 0.4) is 0 Å². The van der Waals surface area contributed by atoms with Crippen molar-refractivity contribution >= 4 is 10.8 Å². The van der Waals surface area contributed by atoms with E-state index >= 15 is 0 Å². The molecule has 4 nitrogen and oxygen atoms in total. The van der Waals surface area contributed by atoms with Crippen LogP contribution in [-0.2, 0) is 17.3 Å². The molecule has 1 aliphatic heterocycles. The summed E-state index contributed by atoms with van der Waals surface area (Å²) in [6.45, 7) is 6.13. The smallest absolute Gasteiger partial charge is 0.0596 e. The number of aromatic nitrogens is 2. The van der Waals surface area contributed by atoms with Gasteiger partial charge in [-0.3, -0.25) is 8.89 Å². The Balaban J connectivity index is 1.64. The van der Waals surface area contributed by atoms with Crippen LogP contribution in [0.2, 0.25) is 0 Å². The minimum Gasteiger partial charge on any atom is -0.314 e. The molecule has 0 aromatic carbocycles. The number of hydrogen-bond acceptors (Lipinski definition) is 3. The molecule has 0 bridgehead atoms. The zero-order valence-corrected chi connectivity index (χ0v) is 12.1. The molecule has 1 aromatic rings. The molecule has 0 unspecified atom stereocenters. The standard InChI is InChI=1S/C13H23N3OS/c1-11-10-12(2)16(15-11)7-3-6-14-13-4-8-18(17)9-5-13/h10,13-14H,3-9H2,1-2H3. The summed E-state index contributed by atoms with van der Waals surface area (Å²) < 4.78 is 13.3. The van der Waals surface area contributed by atoms with E-state index in [0.29, 0.717) is 6.04 Å². The van der Waals surface area contributed by atoms with E-state index < -0.39 is 10.8 Å². The molecule has 0 atom stereocenters. The summed E-state index contributed by atoms with van der Waals surface area (Å²) in [7, 11) is -0.552. The number of nitrogens with zero attached hydrogens (tertiary/aromatic N) is 2. The summed E-state index contributed by atoms with van der Waals surface area (Å²) in [4.78, 5) is 0. The first-order valence-corrected chi connectivity index (χ1v) is 8.23. The number of hydrogen-bond donors (Lipinski definition) is 1. The zero-order valence-electron chi connectivity index (χ0n) is 11.3. The SMILES string of the molecule is Cc1cc(C)n(CCCNC2CCS(=O)CC2)n1. The molecule has 5 heteroatoms. The molecule has 1 fully saturated rings. The van der Waals surface area contributed by atoms with Gasteiger partial charge >= 0.3 is 0 Å². The lowest BCUT2D eigenvalue weighted by molar-refractivity contribution is 0.450. The van der Waals surface area contributed by atoms with E-state index in [-0.39, 0.29) is 0 Å². The molecule has 0 aliphatic carbocycles. The van der Waals surface area contributed by atoms with Crippen molar-refractivity contribution in [1.29, 1.82) is 0 Å². The van der Waals surface area contributed by atoms with Gasteiger partial charge in [-0.2, -0.15) is 5.10 Å². The maximum absolute atomic E-state index is 11.2. The number of nitrogens with one attached hydrogen (secondary N) is 1. The Hall–Kier alpha value is -0.680. The van der Waals surface area contributed by atoms with Gasteiger partial charge < -0.3 is 5.32 Å². The summed E-state index contributed by atoms with van der Waals surface area (Å²) in [5.41, 5.74) is 2.33. The molecule has 1 saturated heterocycles. The van der Waals surface area contributed by atoms with Crippen LogP contribution in [0, 0.1) is 13.8 Å². The maximum Gasteiger partial charge on any atom is 0.0596 e. The van der Waals surface area contributed by atoms with Gasteiger partial charge in [-0.1, -0.05) is 0 Å². The molecule has 1 aromatic heterocycles. The zero-order chi connectivity index (χ0) is 13.0. The van der Waals surface area contributed by atoms with Crippen molar-refractivity contribution in [1.82, 2.24) is 15.1 Å². The lowest BCUT2D eigenvalue weighted by atomic mass is 10.1. The predicted molar refractivity (Wildman–Crippen MR) is 75.2 cm³/mol. The van der Waals surface area contributed by atoms with E-state index in [1.54, 1.807) is 0 Å². The quantitative estimate of drug-likeness (QED) is 0.822. The minimum absolute atomic E-state index is 0.552. The van der Waals surface area contributed by atoms with Crippen molar-refractivity contribution in [2.75, 3.05) is 18.1 Å².